The predicted octanol–water partition coefficient (Wildman–Crippen LogP) is 3.82. The Morgan fingerprint density at radius 3 is 2.38 bits per heavy atom. The van der Waals surface area contributed by atoms with Gasteiger partial charge in [-0.25, -0.2) is 8.42 Å². The van der Waals surface area contributed by atoms with E-state index in [4.69, 9.17) is 18.7 Å². The summed E-state index contributed by atoms with van der Waals surface area (Å²) < 4.78 is 52.6. The second-order valence-electron chi connectivity index (χ2n) is 11.6. The molecule has 2 saturated heterocycles. The van der Waals surface area contributed by atoms with E-state index in [0.717, 1.165) is 42.6 Å². The van der Waals surface area contributed by atoms with Crippen molar-refractivity contribution in [3.8, 4) is 22.8 Å². The molecule has 11 nitrogen and oxygen atoms in total. The van der Waals surface area contributed by atoms with E-state index >= 15 is 0 Å². The third-order valence-electron chi connectivity index (χ3n) is 9.13. The number of nitrogens with one attached hydrogen (secondary N) is 1. The minimum atomic E-state index is -4.26. The van der Waals surface area contributed by atoms with Crippen LogP contribution in [0.15, 0.2) is 39.8 Å². The van der Waals surface area contributed by atoms with Gasteiger partial charge in [0.25, 0.3) is 15.9 Å². The van der Waals surface area contributed by atoms with Gasteiger partial charge in [0.05, 0.1) is 27.4 Å². The Morgan fingerprint density at radius 2 is 1.79 bits per heavy atom. The normalized spacial score (nSPS) is 20.4. The lowest BCUT2D eigenvalue weighted by Crippen LogP contribution is -2.45. The van der Waals surface area contributed by atoms with Gasteiger partial charge in [0.2, 0.25) is 0 Å². The molecule has 1 aromatic heterocycles. The quantitative estimate of drug-likeness (QED) is 0.435. The summed E-state index contributed by atoms with van der Waals surface area (Å²) in [4.78, 5) is 17.0. The SMILES string of the molecule is COc1cc(C(=O)N2CCOCC2)cc(OC)c1S(=O)(=O)Nc1noc2c1CC1(CC1)c1ccc(N3CC[C@@H]3C)cc1-2. The third kappa shape index (κ3) is 4.30. The summed E-state index contributed by atoms with van der Waals surface area (Å²) in [5.41, 5.74) is 4.32. The Bertz CT molecular complexity index is 1650. The van der Waals surface area contributed by atoms with Crippen LogP contribution in [-0.2, 0) is 26.6 Å². The molecule has 3 heterocycles. The number of carbonyl (C=O) groups is 1. The number of nitrogens with zero attached hydrogens (tertiary/aromatic N) is 3. The largest absolute Gasteiger partial charge is 0.495 e. The van der Waals surface area contributed by atoms with Gasteiger partial charge in [0.1, 0.15) is 11.5 Å². The zero-order valence-electron chi connectivity index (χ0n) is 23.9. The van der Waals surface area contributed by atoms with Crippen LogP contribution in [-0.4, -0.2) is 77.5 Å². The molecule has 222 valence electrons. The molecule has 1 amide bonds. The fourth-order valence-electron chi connectivity index (χ4n) is 6.45. The van der Waals surface area contributed by atoms with Crippen molar-refractivity contribution in [1.82, 2.24) is 10.1 Å². The van der Waals surface area contributed by atoms with Gasteiger partial charge >= 0.3 is 0 Å². The summed E-state index contributed by atoms with van der Waals surface area (Å²) in [5.74, 6) is 0.488. The lowest BCUT2D eigenvalue weighted by Gasteiger charge is -2.41. The van der Waals surface area contributed by atoms with Crippen LogP contribution in [0.1, 0.15) is 47.7 Å². The molecule has 3 fully saturated rings. The third-order valence-corrected chi connectivity index (χ3v) is 10.5. The number of benzene rings is 2. The zero-order valence-corrected chi connectivity index (χ0v) is 24.8. The fraction of sp³-hybridized carbons (Fsp3) is 0.467. The predicted molar refractivity (Wildman–Crippen MR) is 155 cm³/mol. The summed E-state index contributed by atoms with van der Waals surface area (Å²) in [6.45, 7) is 5.02. The highest BCUT2D eigenvalue weighted by atomic mass is 32.2. The summed E-state index contributed by atoms with van der Waals surface area (Å²) in [6.07, 6.45) is 3.85. The van der Waals surface area contributed by atoms with Crippen LogP contribution in [0.5, 0.6) is 11.5 Å². The molecule has 12 heteroatoms. The molecule has 1 saturated carbocycles. The van der Waals surface area contributed by atoms with Crippen LogP contribution in [0.4, 0.5) is 11.5 Å². The molecule has 4 aliphatic rings. The van der Waals surface area contributed by atoms with Crippen molar-refractivity contribution in [2.75, 3.05) is 56.7 Å². The molecular formula is C30H34N4O7S. The van der Waals surface area contributed by atoms with Gasteiger partial charge in [-0.05, 0) is 62.4 Å². The van der Waals surface area contributed by atoms with E-state index in [1.54, 1.807) is 4.90 Å². The number of carbonyl (C=O) groups excluding carboxylic acids is 1. The van der Waals surface area contributed by atoms with Crippen molar-refractivity contribution < 1.29 is 31.9 Å². The molecule has 7 rings (SSSR count). The number of amides is 1. The van der Waals surface area contributed by atoms with Crippen molar-refractivity contribution in [3.05, 3.63) is 47.0 Å². The molecule has 0 radical (unpaired) electrons. The molecule has 0 bridgehead atoms. The Kier molecular flexibility index (Phi) is 6.39. The van der Waals surface area contributed by atoms with Crippen LogP contribution < -0.4 is 19.1 Å². The van der Waals surface area contributed by atoms with Gasteiger partial charge in [-0.1, -0.05) is 11.2 Å². The van der Waals surface area contributed by atoms with Gasteiger partial charge in [0, 0.05) is 53.5 Å². The van der Waals surface area contributed by atoms with E-state index in [0.29, 0.717) is 44.5 Å². The fourth-order valence-corrected chi connectivity index (χ4v) is 7.78. The van der Waals surface area contributed by atoms with Crippen molar-refractivity contribution in [2.24, 2.45) is 0 Å². The van der Waals surface area contributed by atoms with Crippen LogP contribution >= 0.6 is 0 Å². The number of rotatable bonds is 7. The number of hydrogen-bond acceptors (Lipinski definition) is 9. The minimum Gasteiger partial charge on any atom is -0.495 e. The molecule has 2 aromatic carbocycles. The van der Waals surface area contributed by atoms with Crippen LogP contribution in [0.25, 0.3) is 11.3 Å². The van der Waals surface area contributed by atoms with E-state index in [2.05, 4.69) is 39.9 Å². The number of sulfonamides is 1. The Balaban J connectivity index is 1.24. The average molecular weight is 595 g/mol. The highest BCUT2D eigenvalue weighted by molar-refractivity contribution is 7.93. The maximum atomic E-state index is 13.9. The van der Waals surface area contributed by atoms with Gasteiger partial charge in [-0.3, -0.25) is 9.52 Å². The first-order valence-corrected chi connectivity index (χ1v) is 15.8. The number of anilines is 2. The van der Waals surface area contributed by atoms with Gasteiger partial charge in [-0.2, -0.15) is 0 Å². The summed E-state index contributed by atoms with van der Waals surface area (Å²) in [6, 6.07) is 9.89. The molecule has 2 aliphatic carbocycles. The number of ether oxygens (including phenoxy) is 3. The number of aromatic nitrogens is 1. The molecule has 0 unspecified atom stereocenters. The summed E-state index contributed by atoms with van der Waals surface area (Å²) in [7, 11) is -1.54. The molecule has 3 aromatic rings. The minimum absolute atomic E-state index is 0.00635. The number of morpholine rings is 1. The first-order chi connectivity index (χ1) is 20.2. The molecule has 1 N–H and O–H groups in total. The van der Waals surface area contributed by atoms with Gasteiger partial charge < -0.3 is 28.5 Å². The molecule has 2 aliphatic heterocycles. The average Bonchev–Trinajstić information content (AvgIpc) is 3.67. The summed E-state index contributed by atoms with van der Waals surface area (Å²) in [5, 5.41) is 4.21. The van der Waals surface area contributed by atoms with E-state index in [1.165, 1.54) is 31.9 Å². The highest BCUT2D eigenvalue weighted by Crippen LogP contribution is 2.59. The molecular weight excluding hydrogens is 560 g/mol. The standard InChI is InChI=1S/C30H34N4O7S/c1-18-6-9-34(18)20-4-5-23-21(16-20)26-22(17-30(23)7-8-30)28(31-41-26)32-42(36,37)27-24(38-2)14-19(15-25(27)39-3)29(35)33-10-12-40-13-11-33/h4-5,14-16,18H,6-13,17H2,1-3H3,(H,31,32)/t18-/m0/s1. The topological polar surface area (TPSA) is 123 Å². The molecule has 42 heavy (non-hydrogen) atoms. The molecule has 1 spiro atoms. The van der Waals surface area contributed by atoms with E-state index in [9.17, 15) is 13.2 Å². The molecule has 1 atom stereocenters. The van der Waals surface area contributed by atoms with E-state index in [1.807, 2.05) is 0 Å². The van der Waals surface area contributed by atoms with Crippen molar-refractivity contribution in [1.29, 1.82) is 0 Å². The maximum absolute atomic E-state index is 13.9. The van der Waals surface area contributed by atoms with Crippen LogP contribution in [0.3, 0.4) is 0 Å². The summed E-state index contributed by atoms with van der Waals surface area (Å²) >= 11 is 0. The van der Waals surface area contributed by atoms with Crippen LogP contribution in [0.2, 0.25) is 0 Å². The van der Waals surface area contributed by atoms with E-state index in [-0.39, 0.29) is 39.1 Å². The van der Waals surface area contributed by atoms with Crippen molar-refractivity contribution >= 4 is 27.4 Å². The smallest absolute Gasteiger partial charge is 0.270 e. The lowest BCUT2D eigenvalue weighted by molar-refractivity contribution is 0.0302. The lowest BCUT2D eigenvalue weighted by atomic mass is 9.79. The van der Waals surface area contributed by atoms with Crippen molar-refractivity contribution in [2.45, 2.75) is 49.0 Å². The number of methoxy groups -OCH3 is 2. The first kappa shape index (κ1) is 27.1. The Morgan fingerprint density at radius 1 is 1.07 bits per heavy atom. The maximum Gasteiger partial charge on any atom is 0.270 e. The monoisotopic (exact) mass is 594 g/mol. The Hall–Kier alpha value is -3.77. The van der Waals surface area contributed by atoms with Crippen LogP contribution in [0, 0.1) is 0 Å². The van der Waals surface area contributed by atoms with Gasteiger partial charge in [-0.15, -0.1) is 0 Å². The Labute approximate surface area is 244 Å². The first-order valence-electron chi connectivity index (χ1n) is 14.3. The van der Waals surface area contributed by atoms with Crippen molar-refractivity contribution in [3.63, 3.8) is 0 Å². The van der Waals surface area contributed by atoms with Gasteiger partial charge in [0.15, 0.2) is 16.5 Å². The number of hydrogen-bond donors (Lipinski definition) is 1. The zero-order chi connectivity index (χ0) is 29.2. The number of fused-ring (bicyclic) bond motifs is 4. The van der Waals surface area contributed by atoms with E-state index < -0.39 is 10.0 Å². The second-order valence-corrected chi connectivity index (χ2v) is 13.2. The second kappa shape index (κ2) is 9.91. The highest BCUT2D eigenvalue weighted by Gasteiger charge is 2.51.